The summed E-state index contributed by atoms with van der Waals surface area (Å²) in [5.41, 5.74) is 3.32. The first-order chi connectivity index (χ1) is 9.93. The van der Waals surface area contributed by atoms with Gasteiger partial charge in [-0.05, 0) is 71.5 Å². The van der Waals surface area contributed by atoms with Gasteiger partial charge in [0.05, 0.1) is 0 Å². The molecule has 2 aliphatic rings. The molecule has 20 heavy (non-hydrogen) atoms. The average Bonchev–Trinajstić information content (AvgIpc) is 3.23. The van der Waals surface area contributed by atoms with Crippen molar-refractivity contribution in [1.29, 1.82) is 0 Å². The van der Waals surface area contributed by atoms with Gasteiger partial charge in [-0.2, -0.15) is 0 Å². The number of rotatable bonds is 3. The minimum absolute atomic E-state index is 0.842. The van der Waals surface area contributed by atoms with Crippen LogP contribution in [0.15, 0.2) is 22.9 Å². The first-order valence-electron chi connectivity index (χ1n) is 8.08. The standard InChI is InChI=1S/C18H22S2/c1-2-6-13(5-1)15-9-11-19-17(15)18-16(10-12-20-18)14-7-3-4-8-14/h9-14H,1-8H2. The van der Waals surface area contributed by atoms with Gasteiger partial charge in [0.15, 0.2) is 0 Å². The molecule has 0 aromatic carbocycles. The molecule has 2 saturated carbocycles. The molecule has 0 saturated heterocycles. The van der Waals surface area contributed by atoms with Crippen LogP contribution in [0, 0.1) is 0 Å². The van der Waals surface area contributed by atoms with Crippen molar-refractivity contribution < 1.29 is 0 Å². The van der Waals surface area contributed by atoms with Crippen LogP contribution in [0.2, 0.25) is 0 Å². The zero-order valence-electron chi connectivity index (χ0n) is 11.9. The maximum Gasteiger partial charge on any atom is 0.0480 e. The highest BCUT2D eigenvalue weighted by molar-refractivity contribution is 7.20. The molecular formula is C18H22S2. The van der Waals surface area contributed by atoms with E-state index >= 15 is 0 Å². The van der Waals surface area contributed by atoms with E-state index in [4.69, 9.17) is 0 Å². The lowest BCUT2D eigenvalue weighted by molar-refractivity contribution is 0.722. The highest BCUT2D eigenvalue weighted by Gasteiger charge is 2.26. The van der Waals surface area contributed by atoms with E-state index in [2.05, 4.69) is 22.9 Å². The molecule has 0 bridgehead atoms. The van der Waals surface area contributed by atoms with Crippen LogP contribution in [0.4, 0.5) is 0 Å². The van der Waals surface area contributed by atoms with Crippen molar-refractivity contribution in [3.8, 4) is 9.75 Å². The molecule has 2 fully saturated rings. The topological polar surface area (TPSA) is 0 Å². The summed E-state index contributed by atoms with van der Waals surface area (Å²) >= 11 is 3.95. The minimum Gasteiger partial charge on any atom is -0.143 e. The van der Waals surface area contributed by atoms with E-state index in [1.54, 1.807) is 20.9 Å². The van der Waals surface area contributed by atoms with Gasteiger partial charge in [-0.15, -0.1) is 22.7 Å². The molecule has 4 rings (SSSR count). The summed E-state index contributed by atoms with van der Waals surface area (Å²) in [5, 5.41) is 4.64. The Hall–Kier alpha value is -0.600. The van der Waals surface area contributed by atoms with E-state index in [0.29, 0.717) is 0 Å². The lowest BCUT2D eigenvalue weighted by Gasteiger charge is -2.14. The van der Waals surface area contributed by atoms with Crippen molar-refractivity contribution in [2.24, 2.45) is 0 Å². The van der Waals surface area contributed by atoms with Crippen LogP contribution in [0.25, 0.3) is 9.75 Å². The maximum atomic E-state index is 2.41. The Morgan fingerprint density at radius 1 is 0.650 bits per heavy atom. The highest BCUT2D eigenvalue weighted by atomic mass is 32.1. The third-order valence-electron chi connectivity index (χ3n) is 5.19. The molecule has 0 atom stereocenters. The van der Waals surface area contributed by atoms with Gasteiger partial charge in [0.2, 0.25) is 0 Å². The Bertz CT molecular complexity index is 514. The smallest absolute Gasteiger partial charge is 0.0480 e. The Balaban J connectivity index is 1.71. The van der Waals surface area contributed by atoms with E-state index in [0.717, 1.165) is 11.8 Å². The lowest BCUT2D eigenvalue weighted by Crippen LogP contribution is -1.95. The van der Waals surface area contributed by atoms with Crippen LogP contribution in [0.3, 0.4) is 0 Å². The molecule has 2 aromatic heterocycles. The van der Waals surface area contributed by atoms with Crippen LogP contribution in [-0.2, 0) is 0 Å². The predicted molar refractivity (Wildman–Crippen MR) is 90.1 cm³/mol. The second kappa shape index (κ2) is 5.65. The SMILES string of the molecule is c1cc(C2CCCC2)c(-c2sccc2C2CCCC2)s1. The molecule has 0 spiro atoms. The third-order valence-corrected chi connectivity index (χ3v) is 7.21. The lowest BCUT2D eigenvalue weighted by atomic mass is 9.93. The van der Waals surface area contributed by atoms with Crippen LogP contribution in [-0.4, -0.2) is 0 Å². The minimum atomic E-state index is 0.842. The van der Waals surface area contributed by atoms with E-state index in [-0.39, 0.29) is 0 Å². The molecule has 0 unspecified atom stereocenters. The molecule has 106 valence electrons. The zero-order chi connectivity index (χ0) is 13.4. The van der Waals surface area contributed by atoms with Crippen LogP contribution >= 0.6 is 22.7 Å². The van der Waals surface area contributed by atoms with Crippen molar-refractivity contribution in [2.75, 3.05) is 0 Å². The van der Waals surface area contributed by atoms with Crippen molar-refractivity contribution in [2.45, 2.75) is 63.2 Å². The second-order valence-corrected chi connectivity index (χ2v) is 8.21. The van der Waals surface area contributed by atoms with E-state index in [9.17, 15) is 0 Å². The molecule has 0 radical (unpaired) electrons. The van der Waals surface area contributed by atoms with Crippen molar-refractivity contribution >= 4 is 22.7 Å². The normalized spacial score (nSPS) is 21.0. The molecule has 2 aromatic rings. The molecular weight excluding hydrogens is 280 g/mol. The van der Waals surface area contributed by atoms with E-state index < -0.39 is 0 Å². The van der Waals surface area contributed by atoms with E-state index in [1.807, 2.05) is 22.7 Å². The van der Waals surface area contributed by atoms with Gasteiger partial charge in [0.25, 0.3) is 0 Å². The van der Waals surface area contributed by atoms with Gasteiger partial charge in [0, 0.05) is 9.75 Å². The van der Waals surface area contributed by atoms with E-state index in [1.165, 1.54) is 51.4 Å². The second-order valence-electron chi connectivity index (χ2n) is 6.37. The summed E-state index contributed by atoms with van der Waals surface area (Å²) in [6, 6.07) is 4.82. The molecule has 0 amide bonds. The van der Waals surface area contributed by atoms with Crippen LogP contribution in [0.1, 0.15) is 74.3 Å². The molecule has 0 nitrogen and oxygen atoms in total. The monoisotopic (exact) mass is 302 g/mol. The Morgan fingerprint density at radius 2 is 1.05 bits per heavy atom. The molecule has 2 heteroatoms. The largest absolute Gasteiger partial charge is 0.143 e. The Kier molecular flexibility index (Phi) is 3.70. The Labute approximate surface area is 129 Å². The summed E-state index contributed by atoms with van der Waals surface area (Å²) in [5.74, 6) is 1.68. The third kappa shape index (κ3) is 2.27. The molecule has 2 heterocycles. The number of thiophene rings is 2. The summed E-state index contributed by atoms with van der Waals surface area (Å²) in [4.78, 5) is 3.21. The quantitative estimate of drug-likeness (QED) is 0.585. The first-order valence-corrected chi connectivity index (χ1v) is 9.84. The van der Waals surface area contributed by atoms with Gasteiger partial charge in [-0.1, -0.05) is 25.7 Å². The Morgan fingerprint density at radius 3 is 1.45 bits per heavy atom. The fourth-order valence-corrected chi connectivity index (χ4v) is 6.31. The molecule has 0 N–H and O–H groups in total. The summed E-state index contributed by atoms with van der Waals surface area (Å²) in [6.45, 7) is 0. The number of hydrogen-bond acceptors (Lipinski definition) is 2. The van der Waals surface area contributed by atoms with Crippen LogP contribution in [0.5, 0.6) is 0 Å². The van der Waals surface area contributed by atoms with Gasteiger partial charge in [-0.25, -0.2) is 0 Å². The maximum absolute atomic E-state index is 2.41. The average molecular weight is 303 g/mol. The first kappa shape index (κ1) is 13.1. The van der Waals surface area contributed by atoms with Gasteiger partial charge < -0.3 is 0 Å². The van der Waals surface area contributed by atoms with Crippen molar-refractivity contribution in [1.82, 2.24) is 0 Å². The van der Waals surface area contributed by atoms with Crippen molar-refractivity contribution in [3.05, 3.63) is 34.0 Å². The van der Waals surface area contributed by atoms with Gasteiger partial charge in [0.1, 0.15) is 0 Å². The summed E-state index contributed by atoms with van der Waals surface area (Å²) in [7, 11) is 0. The predicted octanol–water partition coefficient (Wildman–Crippen LogP) is 6.79. The van der Waals surface area contributed by atoms with Gasteiger partial charge >= 0.3 is 0 Å². The van der Waals surface area contributed by atoms with Crippen molar-refractivity contribution in [3.63, 3.8) is 0 Å². The summed E-state index contributed by atoms with van der Waals surface area (Å²) < 4.78 is 0. The van der Waals surface area contributed by atoms with Crippen LogP contribution < -0.4 is 0 Å². The number of hydrogen-bond donors (Lipinski definition) is 0. The fourth-order valence-electron chi connectivity index (χ4n) is 4.12. The highest BCUT2D eigenvalue weighted by Crippen LogP contribution is 2.47. The zero-order valence-corrected chi connectivity index (χ0v) is 13.6. The molecule has 0 aliphatic heterocycles. The molecule has 2 aliphatic carbocycles. The summed E-state index contributed by atoms with van der Waals surface area (Å²) in [6.07, 6.45) is 11.4. The van der Waals surface area contributed by atoms with Gasteiger partial charge in [-0.3, -0.25) is 0 Å². The fraction of sp³-hybridized carbons (Fsp3) is 0.556.